The number of aromatic nitrogens is 6. The van der Waals surface area contributed by atoms with Gasteiger partial charge in [0.15, 0.2) is 11.6 Å². The van der Waals surface area contributed by atoms with Crippen molar-refractivity contribution < 1.29 is 17.6 Å². The molecule has 0 fully saturated rings. The molecule has 0 spiro atoms. The highest BCUT2D eigenvalue weighted by Gasteiger charge is 2.34. The van der Waals surface area contributed by atoms with Crippen molar-refractivity contribution >= 4 is 23.1 Å². The molecule has 0 aliphatic heterocycles. The van der Waals surface area contributed by atoms with Gasteiger partial charge in [0.1, 0.15) is 11.5 Å². The van der Waals surface area contributed by atoms with Crippen LogP contribution in [0.3, 0.4) is 0 Å². The molecular formula is C22H27ClF4N8. The molecule has 3 rings (SSSR count). The van der Waals surface area contributed by atoms with Gasteiger partial charge in [-0.25, -0.2) is 9.37 Å². The Morgan fingerprint density at radius 3 is 2.74 bits per heavy atom. The molecule has 0 aliphatic rings. The van der Waals surface area contributed by atoms with Crippen LogP contribution in [0.15, 0.2) is 24.3 Å². The summed E-state index contributed by atoms with van der Waals surface area (Å²) in [6.45, 7) is 5.74. The number of nitrogens with one attached hydrogen (secondary N) is 3. The minimum atomic E-state index is -4.67. The molecule has 0 unspecified atom stereocenters. The van der Waals surface area contributed by atoms with Gasteiger partial charge in [0.2, 0.25) is 5.28 Å². The van der Waals surface area contributed by atoms with Crippen LogP contribution < -0.4 is 10.6 Å². The van der Waals surface area contributed by atoms with Gasteiger partial charge in [0.05, 0.1) is 17.8 Å². The van der Waals surface area contributed by atoms with Gasteiger partial charge in [-0.2, -0.15) is 18.0 Å². The third-order valence-corrected chi connectivity index (χ3v) is 5.18. The number of H-pyrrole nitrogens is 1. The number of benzene rings is 1. The number of alkyl halides is 3. The van der Waals surface area contributed by atoms with Crippen LogP contribution in [0.1, 0.15) is 55.8 Å². The van der Waals surface area contributed by atoms with E-state index in [9.17, 15) is 17.6 Å². The predicted molar refractivity (Wildman–Crippen MR) is 125 cm³/mol. The molecule has 0 atom stereocenters. The number of hydrogen-bond acceptors (Lipinski definition) is 6. The van der Waals surface area contributed by atoms with E-state index in [4.69, 9.17) is 11.6 Å². The fourth-order valence-electron chi connectivity index (χ4n) is 3.42. The van der Waals surface area contributed by atoms with Crippen LogP contribution >= 0.6 is 11.6 Å². The zero-order chi connectivity index (χ0) is 25.4. The van der Waals surface area contributed by atoms with Gasteiger partial charge in [-0.1, -0.05) is 26.0 Å². The summed E-state index contributed by atoms with van der Waals surface area (Å²) in [5.41, 5.74) is 0.0649. The van der Waals surface area contributed by atoms with Gasteiger partial charge in [0.25, 0.3) is 0 Å². The highest BCUT2D eigenvalue weighted by molar-refractivity contribution is 6.28. The summed E-state index contributed by atoms with van der Waals surface area (Å²) in [6.07, 6.45) is -0.740. The number of tetrazole rings is 1. The Morgan fingerprint density at radius 2 is 2.03 bits per heavy atom. The molecule has 35 heavy (non-hydrogen) atoms. The van der Waals surface area contributed by atoms with E-state index in [0.29, 0.717) is 25.3 Å². The lowest BCUT2D eigenvalue weighted by molar-refractivity contribution is -0.138. The summed E-state index contributed by atoms with van der Waals surface area (Å²) in [4.78, 5) is 8.62. The van der Waals surface area contributed by atoms with Crippen LogP contribution in [-0.2, 0) is 19.1 Å². The number of halogens is 5. The molecular weight excluding hydrogens is 488 g/mol. The van der Waals surface area contributed by atoms with Crippen molar-refractivity contribution in [1.82, 2.24) is 35.5 Å². The molecule has 2 aromatic heterocycles. The van der Waals surface area contributed by atoms with E-state index >= 15 is 0 Å². The highest BCUT2D eigenvalue weighted by atomic mass is 35.5. The summed E-state index contributed by atoms with van der Waals surface area (Å²) in [7, 11) is 0. The summed E-state index contributed by atoms with van der Waals surface area (Å²) in [5.74, 6) is -0.279. The van der Waals surface area contributed by atoms with Gasteiger partial charge in [-0.05, 0) is 48.2 Å². The first kappa shape index (κ1) is 26.5. The second kappa shape index (κ2) is 12.0. The maximum absolute atomic E-state index is 14.1. The molecule has 0 amide bonds. The Labute approximate surface area is 205 Å². The third kappa shape index (κ3) is 7.17. The molecule has 13 heteroatoms. The molecule has 0 saturated heterocycles. The summed E-state index contributed by atoms with van der Waals surface area (Å²) >= 11 is 6.06. The summed E-state index contributed by atoms with van der Waals surface area (Å²) in [5, 5.41) is 18.6. The fraction of sp³-hybridized carbons (Fsp3) is 0.455. The van der Waals surface area contributed by atoms with Crippen molar-refractivity contribution in [2.75, 3.05) is 18.4 Å². The summed E-state index contributed by atoms with van der Waals surface area (Å²) < 4.78 is 53.7. The summed E-state index contributed by atoms with van der Waals surface area (Å²) in [6, 6.07) is 2.85. The lowest BCUT2D eigenvalue weighted by Crippen LogP contribution is -2.18. The number of anilines is 1. The van der Waals surface area contributed by atoms with Crippen molar-refractivity contribution in [2.24, 2.45) is 0 Å². The minimum Gasteiger partial charge on any atom is -0.383 e. The molecule has 8 nitrogen and oxygen atoms in total. The van der Waals surface area contributed by atoms with Crippen molar-refractivity contribution in [3.05, 3.63) is 58.0 Å². The quantitative estimate of drug-likeness (QED) is 0.231. The lowest BCUT2D eigenvalue weighted by atomic mass is 10.0. The molecule has 0 aliphatic carbocycles. The SMILES string of the molecule is CC/C=C(/NCCCn1nnc(Cc2c(F)cccc2C(F)(F)F)n1)c1[nH]c(Cl)nc1NCCC. The number of aromatic amines is 1. The number of nitrogens with zero attached hydrogens (tertiary/aromatic N) is 5. The average Bonchev–Trinajstić information content (AvgIpc) is 3.41. The van der Waals surface area contributed by atoms with Gasteiger partial charge < -0.3 is 15.6 Å². The Morgan fingerprint density at radius 1 is 1.23 bits per heavy atom. The molecule has 3 aromatic rings. The van der Waals surface area contributed by atoms with E-state index in [1.165, 1.54) is 4.80 Å². The van der Waals surface area contributed by atoms with Crippen LogP contribution in [0, 0.1) is 5.82 Å². The largest absolute Gasteiger partial charge is 0.416 e. The van der Waals surface area contributed by atoms with E-state index in [2.05, 4.69) is 42.9 Å². The molecule has 1 aromatic carbocycles. The minimum absolute atomic E-state index is 0.0128. The van der Waals surface area contributed by atoms with Crippen molar-refractivity contribution in [1.29, 1.82) is 0 Å². The molecule has 3 N–H and O–H groups in total. The number of rotatable bonds is 12. The molecule has 190 valence electrons. The molecule has 0 radical (unpaired) electrons. The Bertz CT molecular complexity index is 1140. The van der Waals surface area contributed by atoms with Crippen LogP contribution in [0.4, 0.5) is 23.4 Å². The van der Waals surface area contributed by atoms with E-state index < -0.39 is 29.5 Å². The second-order valence-corrected chi connectivity index (χ2v) is 8.08. The van der Waals surface area contributed by atoms with Crippen LogP contribution in [0.25, 0.3) is 5.70 Å². The first-order chi connectivity index (χ1) is 16.7. The number of hydrogen-bond donors (Lipinski definition) is 3. The van der Waals surface area contributed by atoms with Crippen molar-refractivity contribution in [3.63, 3.8) is 0 Å². The predicted octanol–water partition coefficient (Wildman–Crippen LogP) is 5.05. The monoisotopic (exact) mass is 514 g/mol. The van der Waals surface area contributed by atoms with Crippen LogP contribution in [0.5, 0.6) is 0 Å². The zero-order valence-electron chi connectivity index (χ0n) is 19.4. The Kier molecular flexibility index (Phi) is 9.07. The maximum atomic E-state index is 14.1. The highest BCUT2D eigenvalue weighted by Crippen LogP contribution is 2.33. The maximum Gasteiger partial charge on any atom is 0.416 e. The topological polar surface area (TPSA) is 96.3 Å². The lowest BCUT2D eigenvalue weighted by Gasteiger charge is -2.12. The zero-order valence-corrected chi connectivity index (χ0v) is 20.1. The van der Waals surface area contributed by atoms with Crippen LogP contribution in [0.2, 0.25) is 5.28 Å². The van der Waals surface area contributed by atoms with Crippen molar-refractivity contribution in [2.45, 2.75) is 52.3 Å². The first-order valence-electron chi connectivity index (χ1n) is 11.3. The normalized spacial score (nSPS) is 12.3. The van der Waals surface area contributed by atoms with Crippen LogP contribution in [-0.4, -0.2) is 43.3 Å². The molecule has 0 saturated carbocycles. The average molecular weight is 515 g/mol. The van der Waals surface area contributed by atoms with Gasteiger partial charge in [-0.15, -0.1) is 10.2 Å². The van der Waals surface area contributed by atoms with E-state index in [0.717, 1.165) is 49.0 Å². The Hall–Kier alpha value is -3.15. The smallest absolute Gasteiger partial charge is 0.383 e. The number of allylic oxidation sites excluding steroid dienone is 1. The molecule has 2 heterocycles. The van der Waals surface area contributed by atoms with E-state index in [1.54, 1.807) is 0 Å². The van der Waals surface area contributed by atoms with E-state index in [1.807, 2.05) is 13.0 Å². The van der Waals surface area contributed by atoms with E-state index in [-0.39, 0.29) is 11.1 Å². The van der Waals surface area contributed by atoms with Crippen molar-refractivity contribution in [3.8, 4) is 0 Å². The van der Waals surface area contributed by atoms with Gasteiger partial charge in [-0.3, -0.25) is 0 Å². The fourth-order valence-corrected chi connectivity index (χ4v) is 3.60. The number of aryl methyl sites for hydroxylation is 1. The molecule has 0 bridgehead atoms. The second-order valence-electron chi connectivity index (χ2n) is 7.73. The Balaban J connectivity index is 1.59. The first-order valence-corrected chi connectivity index (χ1v) is 11.7. The van der Waals surface area contributed by atoms with Gasteiger partial charge in [0, 0.05) is 25.1 Å². The third-order valence-electron chi connectivity index (χ3n) is 5.00. The van der Waals surface area contributed by atoms with Gasteiger partial charge >= 0.3 is 6.18 Å². The number of imidazole rings is 1. The standard InChI is InChI=1S/C22H27ClF4N8/c1-3-7-17(19-20(29-10-4-2)31-21(23)30-19)28-11-6-12-35-33-18(32-34-35)13-14-15(22(25,26)27)8-5-9-16(14)24/h5,7-9,28-29H,3-4,6,10-13H2,1-2H3,(H,30,31)/b17-7+.